The lowest BCUT2D eigenvalue weighted by molar-refractivity contribution is -0.118. The summed E-state index contributed by atoms with van der Waals surface area (Å²) < 4.78 is 4.82. The van der Waals surface area contributed by atoms with Crippen LogP contribution in [0, 0.1) is 6.92 Å². The average molecular weight is 300 g/mol. The van der Waals surface area contributed by atoms with E-state index in [1.165, 1.54) is 11.8 Å². The number of carbonyl (C=O) groups excluding carboxylic acids is 2. The van der Waals surface area contributed by atoms with Crippen molar-refractivity contribution in [2.45, 2.75) is 26.3 Å². The smallest absolute Gasteiger partial charge is 0.235 e. The van der Waals surface area contributed by atoms with Crippen LogP contribution in [0.1, 0.15) is 19.6 Å². The summed E-state index contributed by atoms with van der Waals surface area (Å²) in [4.78, 5) is 23.0. The molecule has 7 nitrogen and oxygen atoms in total. The van der Waals surface area contributed by atoms with E-state index in [1.54, 1.807) is 13.0 Å². The SMILES string of the molecule is Cc1cc(NC(=O)CSCC(=O)NCC(C)(C)N)no1. The zero-order chi connectivity index (χ0) is 15.2. The predicted octanol–water partition coefficient (Wildman–Crippen LogP) is 0.508. The molecule has 1 aromatic heterocycles. The lowest BCUT2D eigenvalue weighted by Crippen LogP contribution is -2.45. The number of hydrogen-bond acceptors (Lipinski definition) is 6. The third kappa shape index (κ3) is 7.15. The molecule has 4 N–H and O–H groups in total. The Labute approximate surface area is 122 Å². The summed E-state index contributed by atoms with van der Waals surface area (Å²) in [7, 11) is 0. The highest BCUT2D eigenvalue weighted by atomic mass is 32.2. The number of rotatable bonds is 7. The van der Waals surface area contributed by atoms with Crippen LogP contribution in [-0.2, 0) is 9.59 Å². The second kappa shape index (κ2) is 7.30. The fourth-order valence-electron chi connectivity index (χ4n) is 1.22. The van der Waals surface area contributed by atoms with Gasteiger partial charge >= 0.3 is 0 Å². The Morgan fingerprint density at radius 1 is 1.40 bits per heavy atom. The molecular formula is C12H20N4O3S. The third-order valence-electron chi connectivity index (χ3n) is 2.10. The number of carbonyl (C=O) groups is 2. The second-order valence-corrected chi connectivity index (χ2v) is 6.11. The van der Waals surface area contributed by atoms with Crippen LogP contribution >= 0.6 is 11.8 Å². The molecule has 1 aromatic rings. The van der Waals surface area contributed by atoms with Crippen LogP contribution in [0.25, 0.3) is 0 Å². The maximum atomic E-state index is 11.6. The van der Waals surface area contributed by atoms with Gasteiger partial charge in [-0.05, 0) is 20.8 Å². The Morgan fingerprint density at radius 2 is 2.05 bits per heavy atom. The molecule has 0 spiro atoms. The number of amides is 2. The van der Waals surface area contributed by atoms with Gasteiger partial charge < -0.3 is 20.9 Å². The van der Waals surface area contributed by atoms with Crippen LogP contribution in [0.4, 0.5) is 5.82 Å². The van der Waals surface area contributed by atoms with Crippen molar-refractivity contribution in [3.63, 3.8) is 0 Å². The molecule has 0 saturated carbocycles. The standard InChI is InChI=1S/C12H20N4O3S/c1-8-4-9(16-19-8)15-11(18)6-20-5-10(17)14-7-12(2,3)13/h4H,5-7,13H2,1-3H3,(H,14,17)(H,15,16,18). The quantitative estimate of drug-likeness (QED) is 0.676. The van der Waals surface area contributed by atoms with Gasteiger partial charge in [-0.2, -0.15) is 0 Å². The molecule has 0 aliphatic carbocycles. The van der Waals surface area contributed by atoms with Gasteiger partial charge in [0, 0.05) is 18.2 Å². The number of anilines is 1. The molecule has 20 heavy (non-hydrogen) atoms. The second-order valence-electron chi connectivity index (χ2n) is 5.13. The Bertz CT molecular complexity index is 468. The molecule has 0 aromatic carbocycles. The number of nitrogens with one attached hydrogen (secondary N) is 2. The van der Waals surface area contributed by atoms with Gasteiger partial charge in [-0.1, -0.05) is 5.16 Å². The van der Waals surface area contributed by atoms with Crippen molar-refractivity contribution >= 4 is 29.4 Å². The largest absolute Gasteiger partial charge is 0.360 e. The lowest BCUT2D eigenvalue weighted by atomic mass is 10.1. The molecule has 0 radical (unpaired) electrons. The number of aryl methyl sites for hydroxylation is 1. The first kappa shape index (κ1) is 16.5. The van der Waals surface area contributed by atoms with Crippen LogP contribution in [0.3, 0.4) is 0 Å². The number of nitrogens with zero attached hydrogens (tertiary/aromatic N) is 1. The van der Waals surface area contributed by atoms with Crippen molar-refractivity contribution in [2.24, 2.45) is 5.73 Å². The van der Waals surface area contributed by atoms with Gasteiger partial charge in [0.15, 0.2) is 5.82 Å². The summed E-state index contributed by atoms with van der Waals surface area (Å²) in [5, 5.41) is 8.93. The summed E-state index contributed by atoms with van der Waals surface area (Å²) in [5.41, 5.74) is 5.31. The van der Waals surface area contributed by atoms with E-state index in [9.17, 15) is 9.59 Å². The number of aromatic nitrogens is 1. The van der Waals surface area contributed by atoms with E-state index in [0.717, 1.165) is 0 Å². The highest BCUT2D eigenvalue weighted by Crippen LogP contribution is 2.08. The van der Waals surface area contributed by atoms with Crippen molar-refractivity contribution in [1.82, 2.24) is 10.5 Å². The minimum absolute atomic E-state index is 0.140. The molecule has 112 valence electrons. The summed E-state index contributed by atoms with van der Waals surface area (Å²) in [6.45, 7) is 5.79. The normalized spacial score (nSPS) is 11.2. The third-order valence-corrected chi connectivity index (χ3v) is 3.04. The van der Waals surface area contributed by atoms with E-state index < -0.39 is 5.54 Å². The minimum Gasteiger partial charge on any atom is -0.360 e. The molecule has 0 saturated heterocycles. The maximum absolute atomic E-state index is 11.6. The van der Waals surface area contributed by atoms with E-state index in [0.29, 0.717) is 18.1 Å². The van der Waals surface area contributed by atoms with Gasteiger partial charge in [0.2, 0.25) is 11.8 Å². The first-order valence-electron chi connectivity index (χ1n) is 6.13. The van der Waals surface area contributed by atoms with Crippen LogP contribution in [0.2, 0.25) is 0 Å². The number of hydrogen-bond donors (Lipinski definition) is 3. The summed E-state index contributed by atoms with van der Waals surface area (Å²) in [6.07, 6.45) is 0. The van der Waals surface area contributed by atoms with Crippen molar-refractivity contribution in [2.75, 3.05) is 23.4 Å². The first-order valence-corrected chi connectivity index (χ1v) is 7.28. The van der Waals surface area contributed by atoms with Crippen LogP contribution in [0.5, 0.6) is 0 Å². The molecule has 2 amide bonds. The molecule has 0 fully saturated rings. The summed E-state index contributed by atoms with van der Waals surface area (Å²) in [5.74, 6) is 1.01. The topological polar surface area (TPSA) is 110 Å². The highest BCUT2D eigenvalue weighted by molar-refractivity contribution is 8.00. The fraction of sp³-hybridized carbons (Fsp3) is 0.583. The molecule has 0 aliphatic rings. The van der Waals surface area contributed by atoms with Gasteiger partial charge in [-0.25, -0.2) is 0 Å². The number of thioether (sulfide) groups is 1. The van der Waals surface area contributed by atoms with Crippen LogP contribution in [-0.4, -0.2) is 40.6 Å². The molecule has 1 heterocycles. The Hall–Kier alpha value is -1.54. The Kier molecular flexibility index (Phi) is 6.03. The van der Waals surface area contributed by atoms with Gasteiger partial charge in [0.1, 0.15) is 5.76 Å². The van der Waals surface area contributed by atoms with Gasteiger partial charge in [0.25, 0.3) is 0 Å². The van der Waals surface area contributed by atoms with Crippen molar-refractivity contribution < 1.29 is 14.1 Å². The van der Waals surface area contributed by atoms with Crippen molar-refractivity contribution in [3.8, 4) is 0 Å². The van der Waals surface area contributed by atoms with Crippen molar-refractivity contribution in [3.05, 3.63) is 11.8 Å². The van der Waals surface area contributed by atoms with E-state index in [1.807, 2.05) is 13.8 Å². The molecule has 1 rings (SSSR count). The zero-order valence-electron chi connectivity index (χ0n) is 11.9. The average Bonchev–Trinajstić information content (AvgIpc) is 2.71. The number of nitrogens with two attached hydrogens (primary N) is 1. The molecule has 0 aliphatic heterocycles. The van der Waals surface area contributed by atoms with E-state index in [2.05, 4.69) is 15.8 Å². The van der Waals surface area contributed by atoms with E-state index >= 15 is 0 Å². The molecule has 0 atom stereocenters. The van der Waals surface area contributed by atoms with Crippen LogP contribution in [0.15, 0.2) is 10.6 Å². The van der Waals surface area contributed by atoms with E-state index in [4.69, 9.17) is 10.3 Å². The van der Waals surface area contributed by atoms with Crippen LogP contribution < -0.4 is 16.4 Å². The molecule has 0 bridgehead atoms. The van der Waals surface area contributed by atoms with Gasteiger partial charge in [0.05, 0.1) is 11.5 Å². The Morgan fingerprint density at radius 3 is 2.60 bits per heavy atom. The maximum Gasteiger partial charge on any atom is 0.235 e. The zero-order valence-corrected chi connectivity index (χ0v) is 12.7. The van der Waals surface area contributed by atoms with E-state index in [-0.39, 0.29) is 23.3 Å². The Balaban J connectivity index is 2.17. The molecule has 8 heteroatoms. The molecule has 0 unspecified atom stereocenters. The lowest BCUT2D eigenvalue weighted by Gasteiger charge is -2.18. The van der Waals surface area contributed by atoms with Gasteiger partial charge in [-0.3, -0.25) is 9.59 Å². The summed E-state index contributed by atoms with van der Waals surface area (Å²) in [6, 6.07) is 1.62. The highest BCUT2D eigenvalue weighted by Gasteiger charge is 2.13. The first-order chi connectivity index (χ1) is 9.26. The monoisotopic (exact) mass is 300 g/mol. The van der Waals surface area contributed by atoms with Gasteiger partial charge in [-0.15, -0.1) is 11.8 Å². The minimum atomic E-state index is -0.442. The summed E-state index contributed by atoms with van der Waals surface area (Å²) >= 11 is 1.22. The predicted molar refractivity (Wildman–Crippen MR) is 78.5 cm³/mol. The molecular weight excluding hydrogens is 280 g/mol. The fourth-order valence-corrected chi connectivity index (χ4v) is 1.87. The van der Waals surface area contributed by atoms with Crippen molar-refractivity contribution in [1.29, 1.82) is 0 Å².